The number of carbonyl (C=O) groups excluding carboxylic acids is 2. The Kier molecular flexibility index (Phi) is 7.17. The molecular formula is C20H24N2O4. The van der Waals surface area contributed by atoms with Gasteiger partial charge in [-0.2, -0.15) is 0 Å². The Balaban J connectivity index is 1.91. The summed E-state index contributed by atoms with van der Waals surface area (Å²) in [5, 5.41) is 2.87. The minimum Gasteiger partial charge on any atom is -0.497 e. The standard InChI is InChI=1S/C20H24N2O4/c1-22(2)18(15-8-10-17(25-3)11-9-15)12-21-20(24)14-26-19-7-5-4-6-16(19)13-23/h4-11,13,18H,12,14H2,1-3H3,(H,21,24). The van der Waals surface area contributed by atoms with Gasteiger partial charge in [0.1, 0.15) is 11.5 Å². The van der Waals surface area contributed by atoms with E-state index in [1.807, 2.05) is 43.3 Å². The van der Waals surface area contributed by atoms with Gasteiger partial charge in [-0.25, -0.2) is 0 Å². The third kappa shape index (κ3) is 5.32. The highest BCUT2D eigenvalue weighted by Gasteiger charge is 2.16. The summed E-state index contributed by atoms with van der Waals surface area (Å²) >= 11 is 0. The van der Waals surface area contributed by atoms with E-state index in [9.17, 15) is 9.59 Å². The number of amides is 1. The second-order valence-corrected chi connectivity index (χ2v) is 6.00. The van der Waals surface area contributed by atoms with E-state index in [-0.39, 0.29) is 18.6 Å². The van der Waals surface area contributed by atoms with E-state index in [0.717, 1.165) is 11.3 Å². The molecule has 0 radical (unpaired) electrons. The summed E-state index contributed by atoms with van der Waals surface area (Å²) in [5.74, 6) is 0.945. The fourth-order valence-electron chi connectivity index (χ4n) is 2.54. The Labute approximate surface area is 153 Å². The number of methoxy groups -OCH3 is 1. The molecule has 1 amide bonds. The molecule has 2 aromatic carbocycles. The predicted molar refractivity (Wildman–Crippen MR) is 99.8 cm³/mol. The van der Waals surface area contributed by atoms with Crippen molar-refractivity contribution in [2.45, 2.75) is 6.04 Å². The van der Waals surface area contributed by atoms with Crippen molar-refractivity contribution in [3.8, 4) is 11.5 Å². The molecule has 0 fully saturated rings. The van der Waals surface area contributed by atoms with Crippen molar-refractivity contribution >= 4 is 12.2 Å². The van der Waals surface area contributed by atoms with Crippen molar-refractivity contribution in [3.63, 3.8) is 0 Å². The fraction of sp³-hybridized carbons (Fsp3) is 0.300. The normalized spacial score (nSPS) is 11.7. The van der Waals surface area contributed by atoms with Gasteiger partial charge < -0.3 is 19.7 Å². The molecule has 0 aliphatic rings. The number of benzene rings is 2. The van der Waals surface area contributed by atoms with Crippen molar-refractivity contribution in [2.24, 2.45) is 0 Å². The van der Waals surface area contributed by atoms with Gasteiger partial charge in [-0.3, -0.25) is 9.59 Å². The summed E-state index contributed by atoms with van der Waals surface area (Å²) in [4.78, 5) is 25.1. The van der Waals surface area contributed by atoms with Crippen LogP contribution in [0.15, 0.2) is 48.5 Å². The lowest BCUT2D eigenvalue weighted by Crippen LogP contribution is -2.36. The molecular weight excluding hydrogens is 332 g/mol. The molecule has 6 nitrogen and oxygen atoms in total. The van der Waals surface area contributed by atoms with E-state index in [1.165, 1.54) is 0 Å². The Bertz CT molecular complexity index is 729. The SMILES string of the molecule is COc1ccc(C(CNC(=O)COc2ccccc2C=O)N(C)C)cc1. The Morgan fingerprint density at radius 1 is 1.15 bits per heavy atom. The number of nitrogens with one attached hydrogen (secondary N) is 1. The largest absolute Gasteiger partial charge is 0.497 e. The van der Waals surface area contributed by atoms with Crippen LogP contribution in [0.4, 0.5) is 0 Å². The molecule has 2 aromatic rings. The smallest absolute Gasteiger partial charge is 0.258 e. The number of carbonyl (C=O) groups is 2. The maximum atomic E-state index is 12.1. The zero-order valence-electron chi connectivity index (χ0n) is 15.3. The lowest BCUT2D eigenvalue weighted by Gasteiger charge is -2.25. The molecule has 1 unspecified atom stereocenters. The summed E-state index contributed by atoms with van der Waals surface area (Å²) in [6.07, 6.45) is 0.707. The summed E-state index contributed by atoms with van der Waals surface area (Å²) in [7, 11) is 5.54. The molecule has 0 aliphatic heterocycles. The Hall–Kier alpha value is -2.86. The predicted octanol–water partition coefficient (Wildman–Crippen LogP) is 2.31. The van der Waals surface area contributed by atoms with Gasteiger partial charge in [-0.1, -0.05) is 24.3 Å². The van der Waals surface area contributed by atoms with Crippen molar-refractivity contribution in [3.05, 3.63) is 59.7 Å². The van der Waals surface area contributed by atoms with Crippen molar-refractivity contribution in [1.29, 1.82) is 0 Å². The molecule has 0 aliphatic carbocycles. The van der Waals surface area contributed by atoms with Gasteiger partial charge in [0.05, 0.1) is 18.7 Å². The molecule has 2 rings (SSSR count). The number of nitrogens with zero attached hydrogens (tertiary/aromatic N) is 1. The van der Waals surface area contributed by atoms with Gasteiger partial charge in [-0.15, -0.1) is 0 Å². The number of para-hydroxylation sites is 1. The maximum absolute atomic E-state index is 12.1. The van der Waals surface area contributed by atoms with Crippen LogP contribution in [0.1, 0.15) is 22.0 Å². The Morgan fingerprint density at radius 2 is 1.85 bits per heavy atom. The average Bonchev–Trinajstić information content (AvgIpc) is 2.67. The molecule has 1 N–H and O–H groups in total. The van der Waals surface area contributed by atoms with Crippen LogP contribution in [0, 0.1) is 0 Å². The lowest BCUT2D eigenvalue weighted by atomic mass is 10.1. The second-order valence-electron chi connectivity index (χ2n) is 6.00. The third-order valence-corrected chi connectivity index (χ3v) is 4.02. The highest BCUT2D eigenvalue weighted by atomic mass is 16.5. The van der Waals surface area contributed by atoms with Gasteiger partial charge >= 0.3 is 0 Å². The van der Waals surface area contributed by atoms with Gasteiger partial charge in [0.2, 0.25) is 0 Å². The van der Waals surface area contributed by atoms with Crippen molar-refractivity contribution in [1.82, 2.24) is 10.2 Å². The first-order valence-corrected chi connectivity index (χ1v) is 8.29. The monoisotopic (exact) mass is 356 g/mol. The number of ether oxygens (including phenoxy) is 2. The summed E-state index contributed by atoms with van der Waals surface area (Å²) in [6, 6.07) is 14.6. The van der Waals surface area contributed by atoms with E-state index < -0.39 is 0 Å². The fourth-order valence-corrected chi connectivity index (χ4v) is 2.54. The number of aldehydes is 1. The van der Waals surface area contributed by atoms with Gasteiger partial charge in [0.25, 0.3) is 5.91 Å². The molecule has 1 atom stereocenters. The number of rotatable bonds is 9. The first-order valence-electron chi connectivity index (χ1n) is 8.29. The highest BCUT2D eigenvalue weighted by molar-refractivity contribution is 5.80. The van der Waals surface area contributed by atoms with Gasteiger partial charge in [0, 0.05) is 6.54 Å². The minimum atomic E-state index is -0.244. The van der Waals surface area contributed by atoms with Crippen molar-refractivity contribution in [2.75, 3.05) is 34.4 Å². The van der Waals surface area contributed by atoms with E-state index >= 15 is 0 Å². The van der Waals surface area contributed by atoms with E-state index in [4.69, 9.17) is 9.47 Å². The molecule has 6 heteroatoms. The van der Waals surface area contributed by atoms with Crippen LogP contribution >= 0.6 is 0 Å². The van der Waals surface area contributed by atoms with E-state index in [1.54, 1.807) is 31.4 Å². The van der Waals surface area contributed by atoms with Crippen LogP contribution in [0.2, 0.25) is 0 Å². The third-order valence-electron chi connectivity index (χ3n) is 4.02. The summed E-state index contributed by atoms with van der Waals surface area (Å²) in [5.41, 5.74) is 1.49. The average molecular weight is 356 g/mol. The van der Waals surface area contributed by atoms with Crippen LogP contribution < -0.4 is 14.8 Å². The van der Waals surface area contributed by atoms with Crippen LogP contribution in [0.25, 0.3) is 0 Å². The maximum Gasteiger partial charge on any atom is 0.258 e. The summed E-state index contributed by atoms with van der Waals surface area (Å²) in [6.45, 7) is 0.296. The molecule has 0 aromatic heterocycles. The van der Waals surface area contributed by atoms with Crippen LogP contribution in [0.3, 0.4) is 0 Å². The van der Waals surface area contributed by atoms with Gasteiger partial charge in [-0.05, 0) is 43.9 Å². The van der Waals surface area contributed by atoms with E-state index in [0.29, 0.717) is 24.1 Å². The number of hydrogen-bond acceptors (Lipinski definition) is 5. The second kappa shape index (κ2) is 9.58. The van der Waals surface area contributed by atoms with Crippen LogP contribution in [-0.4, -0.2) is 51.5 Å². The molecule has 26 heavy (non-hydrogen) atoms. The summed E-state index contributed by atoms with van der Waals surface area (Å²) < 4.78 is 10.6. The van der Waals surface area contributed by atoms with E-state index in [2.05, 4.69) is 5.32 Å². The minimum absolute atomic E-state index is 0.0205. The molecule has 0 spiro atoms. The molecule has 0 saturated carbocycles. The Morgan fingerprint density at radius 3 is 2.46 bits per heavy atom. The topological polar surface area (TPSA) is 67.9 Å². The zero-order valence-corrected chi connectivity index (χ0v) is 15.3. The first-order chi connectivity index (χ1) is 12.5. The van der Waals surface area contributed by atoms with Crippen LogP contribution in [-0.2, 0) is 4.79 Å². The van der Waals surface area contributed by atoms with Crippen LogP contribution in [0.5, 0.6) is 11.5 Å². The lowest BCUT2D eigenvalue weighted by molar-refractivity contribution is -0.123. The van der Waals surface area contributed by atoms with Crippen molar-refractivity contribution < 1.29 is 19.1 Å². The number of likely N-dealkylation sites (N-methyl/N-ethyl adjacent to an activating group) is 1. The quantitative estimate of drug-likeness (QED) is 0.699. The van der Waals surface area contributed by atoms with Gasteiger partial charge in [0.15, 0.2) is 12.9 Å². The number of hydrogen-bond donors (Lipinski definition) is 1. The molecule has 0 bridgehead atoms. The highest BCUT2D eigenvalue weighted by Crippen LogP contribution is 2.20. The molecule has 138 valence electrons. The zero-order chi connectivity index (χ0) is 18.9. The molecule has 0 heterocycles. The first kappa shape index (κ1) is 19.5. The molecule has 0 saturated heterocycles.